The average molecular weight is 457 g/mol. The van der Waals surface area contributed by atoms with Crippen molar-refractivity contribution in [2.75, 3.05) is 39.9 Å². The summed E-state index contributed by atoms with van der Waals surface area (Å²) in [6.45, 7) is 1.64. The second kappa shape index (κ2) is 10.3. The van der Waals surface area contributed by atoms with Crippen LogP contribution >= 0.6 is 0 Å². The minimum atomic E-state index is -0.425. The lowest BCUT2D eigenvalue weighted by Crippen LogP contribution is -2.49. The fourth-order valence-corrected chi connectivity index (χ4v) is 3.98. The summed E-state index contributed by atoms with van der Waals surface area (Å²) >= 11 is 0. The van der Waals surface area contributed by atoms with Gasteiger partial charge >= 0.3 is 6.09 Å². The zero-order valence-electron chi connectivity index (χ0n) is 18.4. The maximum absolute atomic E-state index is 12.4. The first-order valence-electron chi connectivity index (χ1n) is 10.9. The van der Waals surface area contributed by atoms with Gasteiger partial charge in [-0.3, -0.25) is 9.59 Å². The molecule has 2 fully saturated rings. The van der Waals surface area contributed by atoms with Crippen molar-refractivity contribution in [2.24, 2.45) is 0 Å². The smallest absolute Gasteiger partial charge is 0.410 e. The Kier molecular flexibility index (Phi) is 7.01. The van der Waals surface area contributed by atoms with Crippen molar-refractivity contribution in [3.63, 3.8) is 0 Å². The van der Waals surface area contributed by atoms with E-state index in [0.29, 0.717) is 38.2 Å². The highest BCUT2D eigenvalue weighted by atomic mass is 16.6. The van der Waals surface area contributed by atoms with Gasteiger partial charge in [0, 0.05) is 19.1 Å². The molecule has 0 aliphatic carbocycles. The standard InChI is InChI=1S/C23H27N3O7/c1-30-17-4-6-18(7-5-17)32-15-19-14-26(23(29)33-19)16-8-10-25(11-9-16)21(27)13-24-22(28)20-3-2-12-31-20/h2-7,12,16,19H,8-11,13-15H2,1H3,(H,24,28). The average Bonchev–Trinajstić information content (AvgIpc) is 3.51. The Morgan fingerprint density at radius 1 is 1.12 bits per heavy atom. The highest BCUT2D eigenvalue weighted by Crippen LogP contribution is 2.24. The summed E-state index contributed by atoms with van der Waals surface area (Å²) in [7, 11) is 1.60. The van der Waals surface area contributed by atoms with Crippen molar-refractivity contribution in [3.05, 3.63) is 48.4 Å². The van der Waals surface area contributed by atoms with Gasteiger partial charge in [0.25, 0.3) is 5.91 Å². The fourth-order valence-electron chi connectivity index (χ4n) is 3.98. The van der Waals surface area contributed by atoms with E-state index in [4.69, 9.17) is 18.6 Å². The number of nitrogens with zero attached hydrogens (tertiary/aromatic N) is 2. The maximum Gasteiger partial charge on any atom is 0.410 e. The summed E-state index contributed by atoms with van der Waals surface area (Å²) in [4.78, 5) is 40.1. The van der Waals surface area contributed by atoms with Crippen molar-refractivity contribution < 1.29 is 33.0 Å². The van der Waals surface area contributed by atoms with E-state index < -0.39 is 5.91 Å². The molecular weight excluding hydrogens is 430 g/mol. The number of hydrogen-bond acceptors (Lipinski definition) is 7. The van der Waals surface area contributed by atoms with Crippen LogP contribution < -0.4 is 14.8 Å². The largest absolute Gasteiger partial charge is 0.497 e. The molecule has 0 saturated carbocycles. The third-order valence-electron chi connectivity index (χ3n) is 5.80. The quantitative estimate of drug-likeness (QED) is 0.645. The molecule has 2 saturated heterocycles. The van der Waals surface area contributed by atoms with Crippen LogP contribution in [-0.2, 0) is 9.53 Å². The Bertz CT molecular complexity index is 953. The molecule has 4 rings (SSSR count). The lowest BCUT2D eigenvalue weighted by Gasteiger charge is -2.35. The van der Waals surface area contributed by atoms with Gasteiger partial charge in [-0.25, -0.2) is 4.79 Å². The van der Waals surface area contributed by atoms with Crippen LogP contribution in [0.5, 0.6) is 11.5 Å². The molecule has 1 atom stereocenters. The number of methoxy groups -OCH3 is 1. The third kappa shape index (κ3) is 5.57. The lowest BCUT2D eigenvalue weighted by molar-refractivity contribution is -0.131. The zero-order chi connectivity index (χ0) is 23.2. The minimum Gasteiger partial charge on any atom is -0.497 e. The number of carbonyl (C=O) groups is 3. The highest BCUT2D eigenvalue weighted by molar-refractivity contribution is 5.94. The SMILES string of the molecule is COc1ccc(OCC2CN(C3CCN(C(=O)CNC(=O)c4ccco4)CC3)C(=O)O2)cc1. The van der Waals surface area contributed by atoms with E-state index >= 15 is 0 Å². The van der Waals surface area contributed by atoms with Crippen LogP contribution in [0.15, 0.2) is 47.1 Å². The molecule has 33 heavy (non-hydrogen) atoms. The fraction of sp³-hybridized carbons (Fsp3) is 0.435. The normalized spacial score (nSPS) is 18.7. The molecule has 0 spiro atoms. The number of benzene rings is 1. The second-order valence-corrected chi connectivity index (χ2v) is 7.92. The molecule has 3 amide bonds. The number of nitrogens with one attached hydrogen (secondary N) is 1. The van der Waals surface area contributed by atoms with E-state index in [2.05, 4.69) is 5.32 Å². The Morgan fingerprint density at radius 3 is 2.52 bits per heavy atom. The second-order valence-electron chi connectivity index (χ2n) is 7.92. The van der Waals surface area contributed by atoms with Crippen LogP contribution in [0.1, 0.15) is 23.4 Å². The molecule has 0 radical (unpaired) electrons. The van der Waals surface area contributed by atoms with E-state index in [0.717, 1.165) is 5.75 Å². The van der Waals surface area contributed by atoms with Crippen molar-refractivity contribution in [1.82, 2.24) is 15.1 Å². The van der Waals surface area contributed by atoms with Gasteiger partial charge in [0.2, 0.25) is 5.91 Å². The van der Waals surface area contributed by atoms with E-state index in [9.17, 15) is 14.4 Å². The Morgan fingerprint density at radius 2 is 1.85 bits per heavy atom. The first kappa shape index (κ1) is 22.5. The number of hydrogen-bond donors (Lipinski definition) is 1. The molecule has 2 aliphatic heterocycles. The lowest BCUT2D eigenvalue weighted by atomic mass is 10.0. The van der Waals surface area contributed by atoms with E-state index in [1.165, 1.54) is 12.3 Å². The number of furan rings is 1. The van der Waals surface area contributed by atoms with Gasteiger partial charge < -0.3 is 33.7 Å². The summed E-state index contributed by atoms with van der Waals surface area (Å²) in [5.41, 5.74) is 0. The van der Waals surface area contributed by atoms with Crippen LogP contribution in [0.25, 0.3) is 0 Å². The summed E-state index contributed by atoms with van der Waals surface area (Å²) in [6, 6.07) is 10.4. The molecule has 1 unspecified atom stereocenters. The van der Waals surface area contributed by atoms with Crippen LogP contribution in [0.3, 0.4) is 0 Å². The van der Waals surface area contributed by atoms with E-state index in [1.54, 1.807) is 47.2 Å². The van der Waals surface area contributed by atoms with Gasteiger partial charge in [0.05, 0.1) is 26.5 Å². The first-order chi connectivity index (χ1) is 16.0. The number of cyclic esters (lactones) is 1. The Labute approximate surface area is 191 Å². The van der Waals surface area contributed by atoms with Crippen LogP contribution in [0.4, 0.5) is 4.79 Å². The molecule has 176 valence electrons. The van der Waals surface area contributed by atoms with Gasteiger partial charge in [-0.1, -0.05) is 0 Å². The molecule has 1 aromatic carbocycles. The summed E-state index contributed by atoms with van der Waals surface area (Å²) < 4.78 is 21.4. The van der Waals surface area contributed by atoms with Gasteiger partial charge in [-0.2, -0.15) is 0 Å². The summed E-state index contributed by atoms with van der Waals surface area (Å²) in [5.74, 6) is 0.996. The molecule has 1 N–H and O–H groups in total. The number of rotatable bonds is 8. The monoisotopic (exact) mass is 457 g/mol. The number of ether oxygens (including phenoxy) is 3. The first-order valence-corrected chi connectivity index (χ1v) is 10.9. The Hall–Kier alpha value is -3.69. The predicted octanol–water partition coefficient (Wildman–Crippen LogP) is 1.91. The Balaban J connectivity index is 1.19. The minimum absolute atomic E-state index is 0.00486. The number of likely N-dealkylation sites (tertiary alicyclic amines) is 1. The van der Waals surface area contributed by atoms with Gasteiger partial charge in [0.1, 0.15) is 18.1 Å². The third-order valence-corrected chi connectivity index (χ3v) is 5.80. The van der Waals surface area contributed by atoms with Crippen molar-refractivity contribution in [2.45, 2.75) is 25.0 Å². The summed E-state index contributed by atoms with van der Waals surface area (Å²) in [6.07, 6.45) is 2.00. The van der Waals surface area contributed by atoms with Gasteiger partial charge in [-0.05, 0) is 49.2 Å². The van der Waals surface area contributed by atoms with Crippen molar-refractivity contribution in [1.29, 1.82) is 0 Å². The van der Waals surface area contributed by atoms with Crippen LogP contribution in [0, 0.1) is 0 Å². The molecule has 2 aliphatic rings. The van der Waals surface area contributed by atoms with Gasteiger partial charge in [-0.15, -0.1) is 0 Å². The maximum atomic E-state index is 12.4. The molecule has 1 aromatic heterocycles. The predicted molar refractivity (Wildman–Crippen MR) is 116 cm³/mol. The van der Waals surface area contributed by atoms with Crippen LogP contribution in [0.2, 0.25) is 0 Å². The molecule has 2 aromatic rings. The molecule has 10 nitrogen and oxygen atoms in total. The number of amides is 3. The van der Waals surface area contributed by atoms with Gasteiger partial charge in [0.15, 0.2) is 11.9 Å². The van der Waals surface area contributed by atoms with Crippen molar-refractivity contribution in [3.8, 4) is 11.5 Å². The zero-order valence-corrected chi connectivity index (χ0v) is 18.4. The summed E-state index contributed by atoms with van der Waals surface area (Å²) in [5, 5.41) is 2.57. The molecule has 0 bridgehead atoms. The number of carbonyl (C=O) groups excluding carboxylic acids is 3. The topological polar surface area (TPSA) is 111 Å². The molecule has 3 heterocycles. The molecule has 10 heteroatoms. The number of piperidine rings is 1. The molecular formula is C23H27N3O7. The van der Waals surface area contributed by atoms with Crippen LogP contribution in [-0.4, -0.2) is 79.7 Å². The van der Waals surface area contributed by atoms with E-state index in [-0.39, 0.29) is 43.1 Å². The van der Waals surface area contributed by atoms with E-state index in [1.807, 2.05) is 0 Å². The van der Waals surface area contributed by atoms with Crippen molar-refractivity contribution >= 4 is 17.9 Å². The highest BCUT2D eigenvalue weighted by Gasteiger charge is 2.38.